The van der Waals surface area contributed by atoms with Crippen molar-refractivity contribution in [3.63, 3.8) is 0 Å². The predicted molar refractivity (Wildman–Crippen MR) is 70.3 cm³/mol. The van der Waals surface area contributed by atoms with Crippen LogP contribution in [0, 0.1) is 9.93 Å². The van der Waals surface area contributed by atoms with Crippen LogP contribution in [0.4, 0.5) is 0 Å². The Hall–Kier alpha value is -1.94. The Bertz CT molecular complexity index is 497. The second-order valence-electron chi connectivity index (χ2n) is 3.21. The van der Waals surface area contributed by atoms with Crippen molar-refractivity contribution in [3.05, 3.63) is 75.7 Å². The summed E-state index contributed by atoms with van der Waals surface area (Å²) in [6.45, 7) is 0. The second-order valence-corrected chi connectivity index (χ2v) is 3.69. The van der Waals surface area contributed by atoms with Gasteiger partial charge in [0.25, 0.3) is 0 Å². The van der Waals surface area contributed by atoms with Crippen LogP contribution in [0.1, 0.15) is 15.9 Å². The zero-order valence-corrected chi connectivity index (χ0v) is 9.76. The minimum Gasteiger partial charge on any atom is -0.289 e. The van der Waals surface area contributed by atoms with E-state index < -0.39 is 0 Å². The molecule has 0 N–H and O–H groups in total. The molecule has 0 saturated heterocycles. The van der Waals surface area contributed by atoms with Crippen LogP contribution in [0.2, 0.25) is 0 Å². The summed E-state index contributed by atoms with van der Waals surface area (Å²) in [6, 6.07) is 16.5. The van der Waals surface area contributed by atoms with E-state index in [0.29, 0.717) is 16.0 Å². The van der Waals surface area contributed by atoms with Gasteiger partial charge in [-0.2, -0.15) is 0 Å². The molecule has 0 aromatic heterocycles. The number of hydrogen-bond donors (Lipinski definition) is 1. The quantitative estimate of drug-likeness (QED) is 0.653. The zero-order valence-electron chi connectivity index (χ0n) is 8.87. The van der Waals surface area contributed by atoms with E-state index >= 15 is 0 Å². The highest BCUT2D eigenvalue weighted by molar-refractivity contribution is 7.80. The fourth-order valence-corrected chi connectivity index (χ4v) is 1.67. The lowest BCUT2D eigenvalue weighted by Crippen LogP contribution is -2.01. The highest BCUT2D eigenvalue weighted by Gasteiger charge is 2.10. The van der Waals surface area contributed by atoms with Crippen molar-refractivity contribution < 1.29 is 4.79 Å². The van der Waals surface area contributed by atoms with Gasteiger partial charge in [0, 0.05) is 26.0 Å². The van der Waals surface area contributed by atoms with Crippen molar-refractivity contribution >= 4 is 18.4 Å². The van der Waals surface area contributed by atoms with Crippen molar-refractivity contribution in [2.45, 2.75) is 4.90 Å². The molecule has 0 aliphatic rings. The van der Waals surface area contributed by atoms with Crippen molar-refractivity contribution in [3.8, 4) is 0 Å². The molecule has 0 saturated carbocycles. The third-order valence-electron chi connectivity index (χ3n) is 2.18. The third-order valence-corrected chi connectivity index (χ3v) is 2.57. The van der Waals surface area contributed by atoms with Gasteiger partial charge < -0.3 is 0 Å². The van der Waals surface area contributed by atoms with E-state index in [2.05, 4.69) is 12.6 Å². The molecular weight excluding hydrogens is 236 g/mol. The molecule has 0 bridgehead atoms. The first-order chi connectivity index (χ1) is 8.29. The normalized spacial score (nSPS) is 9.00. The van der Waals surface area contributed by atoms with Crippen LogP contribution in [0.3, 0.4) is 0 Å². The van der Waals surface area contributed by atoms with Crippen LogP contribution in [0.15, 0.2) is 59.5 Å². The molecule has 3 nitrogen and oxygen atoms in total. The van der Waals surface area contributed by atoms with Crippen LogP contribution in [-0.4, -0.2) is 5.78 Å². The Morgan fingerprint density at radius 1 is 0.824 bits per heavy atom. The first kappa shape index (κ1) is 13.1. The summed E-state index contributed by atoms with van der Waals surface area (Å²) >= 11 is 4.27. The van der Waals surface area contributed by atoms with E-state index in [-0.39, 0.29) is 5.78 Å². The Balaban J connectivity index is 0.000000686. The lowest BCUT2D eigenvalue weighted by Gasteiger charge is -2.03. The van der Waals surface area contributed by atoms with Gasteiger partial charge in [-0.05, 0) is 12.1 Å². The van der Waals surface area contributed by atoms with Crippen molar-refractivity contribution in [2.75, 3.05) is 0 Å². The number of ketones is 1. The number of hydrogen-bond acceptors (Lipinski definition) is 4. The highest BCUT2D eigenvalue weighted by Crippen LogP contribution is 2.17. The molecule has 86 valence electrons. The van der Waals surface area contributed by atoms with Gasteiger partial charge in [0.05, 0.1) is 0 Å². The van der Waals surface area contributed by atoms with Gasteiger partial charge >= 0.3 is 0 Å². The number of carbonyl (C=O) groups excluding carboxylic acids is 1. The van der Waals surface area contributed by atoms with Crippen molar-refractivity contribution in [1.82, 2.24) is 0 Å². The topological polar surface area (TPSA) is 51.2 Å². The smallest absolute Gasteiger partial charge is 0.194 e. The lowest BCUT2D eigenvalue weighted by molar-refractivity contribution is 0.103. The molecule has 0 spiro atoms. The van der Waals surface area contributed by atoms with Crippen molar-refractivity contribution in [2.24, 2.45) is 0 Å². The van der Waals surface area contributed by atoms with Gasteiger partial charge in [-0.25, -0.2) is 0 Å². The van der Waals surface area contributed by atoms with E-state index in [1.54, 1.807) is 6.07 Å². The number of thiol groups is 1. The van der Waals surface area contributed by atoms with Gasteiger partial charge in [-0.3, -0.25) is 4.79 Å². The molecule has 4 heteroatoms. The van der Waals surface area contributed by atoms with E-state index in [4.69, 9.17) is 9.93 Å². The number of rotatable bonds is 2. The molecule has 2 aromatic rings. The second kappa shape index (κ2) is 6.60. The molecule has 2 aromatic carbocycles. The maximum absolute atomic E-state index is 12.0. The monoisotopic (exact) mass is 246 g/mol. The molecule has 0 radical (unpaired) electrons. The van der Waals surface area contributed by atoms with Crippen molar-refractivity contribution in [1.29, 1.82) is 0 Å². The van der Waals surface area contributed by atoms with E-state index in [1.807, 2.05) is 48.5 Å². The fraction of sp³-hybridized carbons (Fsp3) is 0. The molecule has 0 heterocycles. The zero-order chi connectivity index (χ0) is 12.7. The Kier molecular flexibility index (Phi) is 5.10. The highest BCUT2D eigenvalue weighted by atomic mass is 32.1. The SMILES string of the molecule is O=C(c1ccccc1)c1ccccc1S.O=O. The summed E-state index contributed by atoms with van der Waals surface area (Å²) in [5.41, 5.74) is 1.34. The number of benzene rings is 2. The standard InChI is InChI=1S/C13H10OS.O2/c14-13(10-6-2-1-3-7-10)11-8-4-5-9-12(11)15;1-2/h1-9,15H;. The maximum Gasteiger partial charge on any atom is 0.194 e. The molecule has 0 fully saturated rings. The molecule has 2 rings (SSSR count). The molecule has 17 heavy (non-hydrogen) atoms. The fourth-order valence-electron chi connectivity index (χ4n) is 1.41. The Morgan fingerprint density at radius 3 is 1.94 bits per heavy atom. The Morgan fingerprint density at radius 2 is 1.35 bits per heavy atom. The first-order valence-electron chi connectivity index (χ1n) is 4.83. The summed E-state index contributed by atoms with van der Waals surface area (Å²) in [6.07, 6.45) is 0. The van der Waals surface area contributed by atoms with Gasteiger partial charge in [0.15, 0.2) is 5.78 Å². The van der Waals surface area contributed by atoms with E-state index in [0.717, 1.165) is 0 Å². The molecule has 0 amide bonds. The maximum atomic E-state index is 12.0. The van der Waals surface area contributed by atoms with Gasteiger partial charge in [0.1, 0.15) is 0 Å². The summed E-state index contributed by atoms with van der Waals surface area (Å²) in [5.74, 6) is 0.0150. The molecule has 0 aliphatic carbocycles. The molecule has 0 atom stereocenters. The summed E-state index contributed by atoms with van der Waals surface area (Å²) in [7, 11) is 0. The van der Waals surface area contributed by atoms with Crippen LogP contribution < -0.4 is 0 Å². The largest absolute Gasteiger partial charge is 0.289 e. The van der Waals surface area contributed by atoms with Crippen LogP contribution >= 0.6 is 12.6 Å². The summed E-state index contributed by atoms with van der Waals surface area (Å²) < 4.78 is 0. The molecule has 0 unspecified atom stereocenters. The minimum atomic E-state index is 0.0150. The average Bonchev–Trinajstić information content (AvgIpc) is 2.42. The molecular formula is C13H10O3S. The third kappa shape index (κ3) is 3.26. The van der Waals surface area contributed by atoms with Crippen LogP contribution in [0.25, 0.3) is 0 Å². The van der Waals surface area contributed by atoms with Crippen LogP contribution in [-0.2, 0) is 0 Å². The molecule has 0 aliphatic heterocycles. The lowest BCUT2D eigenvalue weighted by atomic mass is 10.0. The predicted octanol–water partition coefficient (Wildman–Crippen LogP) is 3.27. The van der Waals surface area contributed by atoms with Gasteiger partial charge in [-0.15, -0.1) is 12.6 Å². The average molecular weight is 246 g/mol. The van der Waals surface area contributed by atoms with Gasteiger partial charge in [-0.1, -0.05) is 42.5 Å². The first-order valence-corrected chi connectivity index (χ1v) is 5.28. The minimum absolute atomic E-state index is 0.0150. The summed E-state index contributed by atoms with van der Waals surface area (Å²) in [5, 5.41) is 0. The van der Waals surface area contributed by atoms with E-state index in [1.165, 1.54) is 0 Å². The number of carbonyl (C=O) groups is 1. The van der Waals surface area contributed by atoms with Crippen LogP contribution in [0.5, 0.6) is 0 Å². The van der Waals surface area contributed by atoms with Gasteiger partial charge in [0.2, 0.25) is 0 Å². The Labute approximate surface area is 104 Å². The van der Waals surface area contributed by atoms with E-state index in [9.17, 15) is 4.79 Å². The summed E-state index contributed by atoms with van der Waals surface area (Å²) in [4.78, 5) is 26.7.